The Labute approximate surface area is 93.0 Å². The number of nitrogens with one attached hydrogen (secondary N) is 1. The van der Waals surface area contributed by atoms with E-state index >= 15 is 0 Å². The fraction of sp³-hybridized carbons (Fsp3) is 0.273. The molecule has 0 aromatic heterocycles. The fourth-order valence-corrected chi connectivity index (χ4v) is 1.49. The molecule has 0 aliphatic carbocycles. The highest BCUT2D eigenvalue weighted by Crippen LogP contribution is 2.12. The molecule has 1 aliphatic heterocycles. The molecule has 1 N–H and O–H groups in total. The Kier molecular flexibility index (Phi) is 2.76. The highest BCUT2D eigenvalue weighted by atomic mass is 16.6. The topological polar surface area (TPSA) is 58.6 Å². The molecule has 1 aromatic rings. The number of ether oxygens (including phenoxy) is 1. The summed E-state index contributed by atoms with van der Waals surface area (Å²) in [6, 6.07) is 8.22. The van der Waals surface area contributed by atoms with Crippen molar-refractivity contribution in [2.24, 2.45) is 0 Å². The first-order valence-electron chi connectivity index (χ1n) is 5.01. The standard InChI is InChI=1S/C11H12N2O3/c1-8-7-13(10(14)12-8)11(15)16-9-5-3-2-4-6-9/h2-6,8H,7H2,1H3,(H,12,14). The zero-order chi connectivity index (χ0) is 11.5. The number of rotatable bonds is 1. The predicted molar refractivity (Wildman–Crippen MR) is 57.2 cm³/mol. The second kappa shape index (κ2) is 4.22. The molecule has 1 aliphatic rings. The van der Waals surface area contributed by atoms with Gasteiger partial charge in [-0.1, -0.05) is 18.2 Å². The maximum Gasteiger partial charge on any atom is 0.423 e. The average molecular weight is 220 g/mol. The van der Waals surface area contributed by atoms with Crippen LogP contribution in [0.2, 0.25) is 0 Å². The van der Waals surface area contributed by atoms with Gasteiger partial charge in [-0.05, 0) is 19.1 Å². The number of hydrogen-bond donors (Lipinski definition) is 1. The molecule has 16 heavy (non-hydrogen) atoms. The van der Waals surface area contributed by atoms with Gasteiger partial charge >= 0.3 is 12.1 Å². The molecule has 1 aromatic carbocycles. The summed E-state index contributed by atoms with van der Waals surface area (Å²) in [6.45, 7) is 2.16. The van der Waals surface area contributed by atoms with E-state index in [1.54, 1.807) is 24.3 Å². The summed E-state index contributed by atoms with van der Waals surface area (Å²) in [4.78, 5) is 24.0. The van der Waals surface area contributed by atoms with Gasteiger partial charge in [0.05, 0.1) is 6.54 Å². The van der Waals surface area contributed by atoms with E-state index in [4.69, 9.17) is 4.74 Å². The van der Waals surface area contributed by atoms with Crippen LogP contribution in [0.25, 0.3) is 0 Å². The highest BCUT2D eigenvalue weighted by Gasteiger charge is 2.32. The molecule has 5 heteroatoms. The molecule has 1 atom stereocenters. The van der Waals surface area contributed by atoms with Crippen molar-refractivity contribution in [3.8, 4) is 5.75 Å². The van der Waals surface area contributed by atoms with E-state index in [1.165, 1.54) is 0 Å². The molecule has 0 radical (unpaired) electrons. The van der Waals surface area contributed by atoms with Crippen molar-refractivity contribution in [1.29, 1.82) is 0 Å². The lowest BCUT2D eigenvalue weighted by Crippen LogP contribution is -2.36. The zero-order valence-electron chi connectivity index (χ0n) is 8.84. The average Bonchev–Trinajstić information content (AvgIpc) is 2.59. The van der Waals surface area contributed by atoms with Crippen LogP contribution < -0.4 is 10.1 Å². The van der Waals surface area contributed by atoms with Crippen LogP contribution in [0.1, 0.15) is 6.92 Å². The molecule has 2 rings (SSSR count). The Balaban J connectivity index is 2.01. The van der Waals surface area contributed by atoms with E-state index in [-0.39, 0.29) is 6.04 Å². The van der Waals surface area contributed by atoms with Crippen molar-refractivity contribution >= 4 is 12.1 Å². The number of carbonyl (C=O) groups is 2. The van der Waals surface area contributed by atoms with Gasteiger partial charge in [0.25, 0.3) is 0 Å². The summed E-state index contributed by atoms with van der Waals surface area (Å²) >= 11 is 0. The van der Waals surface area contributed by atoms with Crippen LogP contribution in [0.15, 0.2) is 30.3 Å². The highest BCUT2D eigenvalue weighted by molar-refractivity contribution is 5.93. The Morgan fingerprint density at radius 3 is 2.69 bits per heavy atom. The number of nitrogens with zero attached hydrogens (tertiary/aromatic N) is 1. The lowest BCUT2D eigenvalue weighted by molar-refractivity contribution is 0.163. The van der Waals surface area contributed by atoms with Crippen molar-refractivity contribution in [2.45, 2.75) is 13.0 Å². The lowest BCUT2D eigenvalue weighted by Gasteiger charge is -2.11. The van der Waals surface area contributed by atoms with Gasteiger partial charge in [-0.2, -0.15) is 0 Å². The van der Waals surface area contributed by atoms with Gasteiger partial charge in [0.2, 0.25) is 0 Å². The summed E-state index contributed by atoms with van der Waals surface area (Å²) in [5, 5.41) is 2.62. The normalized spacial score (nSPS) is 19.4. The number of carbonyl (C=O) groups excluding carboxylic acids is 2. The summed E-state index contributed by atoms with van der Waals surface area (Å²) in [5.41, 5.74) is 0. The molecule has 1 fully saturated rings. The lowest BCUT2D eigenvalue weighted by atomic mass is 10.3. The second-order valence-electron chi connectivity index (χ2n) is 3.64. The molecular formula is C11H12N2O3. The van der Waals surface area contributed by atoms with E-state index in [1.807, 2.05) is 13.0 Å². The van der Waals surface area contributed by atoms with Crippen LogP contribution in [-0.4, -0.2) is 29.6 Å². The minimum Gasteiger partial charge on any atom is -0.410 e. The number of hydrogen-bond acceptors (Lipinski definition) is 3. The smallest absolute Gasteiger partial charge is 0.410 e. The molecule has 1 saturated heterocycles. The van der Waals surface area contributed by atoms with Crippen LogP contribution >= 0.6 is 0 Å². The van der Waals surface area contributed by atoms with Crippen molar-refractivity contribution in [3.63, 3.8) is 0 Å². The van der Waals surface area contributed by atoms with Crippen LogP contribution in [0.5, 0.6) is 5.75 Å². The molecule has 5 nitrogen and oxygen atoms in total. The van der Waals surface area contributed by atoms with Gasteiger partial charge in [0, 0.05) is 6.04 Å². The predicted octanol–water partition coefficient (Wildman–Crippen LogP) is 1.60. The summed E-state index contributed by atoms with van der Waals surface area (Å²) in [7, 11) is 0. The molecule has 0 saturated carbocycles. The number of benzene rings is 1. The summed E-state index contributed by atoms with van der Waals surface area (Å²) in [6.07, 6.45) is -0.645. The fourth-order valence-electron chi connectivity index (χ4n) is 1.49. The van der Waals surface area contributed by atoms with Gasteiger partial charge in [0.1, 0.15) is 5.75 Å². The maximum absolute atomic E-state index is 11.6. The van der Waals surface area contributed by atoms with Crippen molar-refractivity contribution in [3.05, 3.63) is 30.3 Å². The third-order valence-electron chi connectivity index (χ3n) is 2.24. The van der Waals surface area contributed by atoms with E-state index < -0.39 is 12.1 Å². The Morgan fingerprint density at radius 1 is 1.44 bits per heavy atom. The molecule has 0 bridgehead atoms. The SMILES string of the molecule is CC1CN(C(=O)Oc2ccccc2)C(=O)N1. The minimum atomic E-state index is -0.645. The van der Waals surface area contributed by atoms with Gasteiger partial charge in [-0.15, -0.1) is 0 Å². The maximum atomic E-state index is 11.6. The van der Waals surface area contributed by atoms with Crippen LogP contribution in [0, 0.1) is 0 Å². The number of imide groups is 1. The molecule has 3 amide bonds. The third-order valence-corrected chi connectivity index (χ3v) is 2.24. The quantitative estimate of drug-likeness (QED) is 0.782. The second-order valence-corrected chi connectivity index (χ2v) is 3.64. The number of urea groups is 1. The van der Waals surface area contributed by atoms with E-state index in [2.05, 4.69) is 5.32 Å². The molecule has 0 spiro atoms. The largest absolute Gasteiger partial charge is 0.423 e. The van der Waals surface area contributed by atoms with E-state index in [9.17, 15) is 9.59 Å². The number of para-hydroxylation sites is 1. The zero-order valence-corrected chi connectivity index (χ0v) is 8.84. The van der Waals surface area contributed by atoms with Crippen LogP contribution in [-0.2, 0) is 0 Å². The first-order valence-corrected chi connectivity index (χ1v) is 5.01. The summed E-state index contributed by atoms with van der Waals surface area (Å²) < 4.78 is 5.04. The van der Waals surface area contributed by atoms with E-state index in [0.717, 1.165) is 4.90 Å². The third kappa shape index (κ3) is 2.13. The number of amides is 3. The van der Waals surface area contributed by atoms with Gasteiger partial charge in [0.15, 0.2) is 0 Å². The van der Waals surface area contributed by atoms with Crippen LogP contribution in [0.3, 0.4) is 0 Å². The molecule has 1 unspecified atom stereocenters. The van der Waals surface area contributed by atoms with Gasteiger partial charge < -0.3 is 10.1 Å². The molecule has 1 heterocycles. The molecular weight excluding hydrogens is 208 g/mol. The van der Waals surface area contributed by atoms with Crippen LogP contribution in [0.4, 0.5) is 9.59 Å². The van der Waals surface area contributed by atoms with Crippen molar-refractivity contribution in [1.82, 2.24) is 10.2 Å². The Hall–Kier alpha value is -2.04. The first-order chi connectivity index (χ1) is 7.66. The van der Waals surface area contributed by atoms with Gasteiger partial charge in [-0.25, -0.2) is 14.5 Å². The van der Waals surface area contributed by atoms with Crippen molar-refractivity contribution in [2.75, 3.05) is 6.54 Å². The van der Waals surface area contributed by atoms with Crippen molar-refractivity contribution < 1.29 is 14.3 Å². The van der Waals surface area contributed by atoms with Gasteiger partial charge in [-0.3, -0.25) is 0 Å². The minimum absolute atomic E-state index is 0.0316. The molecule has 84 valence electrons. The van der Waals surface area contributed by atoms with E-state index in [0.29, 0.717) is 12.3 Å². The summed E-state index contributed by atoms with van der Waals surface area (Å²) in [5.74, 6) is 0.430. The monoisotopic (exact) mass is 220 g/mol. The Morgan fingerprint density at radius 2 is 2.12 bits per heavy atom. The first kappa shape index (κ1) is 10.5. The Bertz CT molecular complexity index is 405.